The van der Waals surface area contributed by atoms with Crippen molar-refractivity contribution in [3.63, 3.8) is 0 Å². The molecule has 0 spiro atoms. The normalized spacial score (nSPS) is 11.2. The molecular formula is C52H44N4O3Pt. The van der Waals surface area contributed by atoms with Crippen LogP contribution in [0.2, 0.25) is 0 Å². The minimum atomic E-state index is 0. The second-order valence-electron chi connectivity index (χ2n) is 15.2. The van der Waals surface area contributed by atoms with Crippen LogP contribution in [-0.4, -0.2) is 19.3 Å². The summed E-state index contributed by atoms with van der Waals surface area (Å²) in [5.74, 6) is 3.88. The first kappa shape index (κ1) is 40.4. The zero-order valence-electron chi connectivity index (χ0n) is 34.2. The maximum atomic E-state index is 6.69. The van der Waals surface area contributed by atoms with Crippen molar-refractivity contribution in [2.24, 2.45) is 0 Å². The average Bonchev–Trinajstić information content (AvgIpc) is 3.89. The quantitative estimate of drug-likeness (QED) is 0.114. The molecule has 0 fully saturated rings. The molecule has 0 radical (unpaired) electrons. The van der Waals surface area contributed by atoms with E-state index in [0.717, 1.165) is 83.8 Å². The number of hydrogen-bond acceptors (Lipinski definition) is 5. The minimum Gasteiger partial charge on any atom is -0.509 e. The number of para-hydroxylation sites is 1. The standard InChI is InChI=1S/C52H44N4O3.Pt/c1-34(2)40-25-26-53-49(27-40)56-47-22-13-12-21-45(47)46-24-23-44(29-48(46)56)59-43-20-14-19-42(28-43)55-31-41(30-54-55)50-51(57-32-38-15-8-6-9-16-38)36(4)35(3)37(5)52(50)58-33-39-17-10-7-11-18-39;/h6-27,30-31,34H,32-33H2,1-5H3;/q-2;+2. The smallest absolute Gasteiger partial charge is 0.509 e. The molecule has 0 bridgehead atoms. The van der Waals surface area contributed by atoms with Gasteiger partial charge in [0, 0.05) is 35.0 Å². The number of benzene rings is 6. The Hall–Kier alpha value is -6.43. The van der Waals surface area contributed by atoms with E-state index in [2.05, 4.69) is 118 Å². The molecule has 0 saturated heterocycles. The number of pyridine rings is 1. The molecule has 0 aliphatic carbocycles. The zero-order chi connectivity index (χ0) is 40.5. The van der Waals surface area contributed by atoms with Crippen LogP contribution >= 0.6 is 0 Å². The van der Waals surface area contributed by atoms with Crippen molar-refractivity contribution in [1.82, 2.24) is 19.3 Å². The topological polar surface area (TPSA) is 63.3 Å². The van der Waals surface area contributed by atoms with Crippen molar-refractivity contribution in [2.45, 2.75) is 53.8 Å². The van der Waals surface area contributed by atoms with Gasteiger partial charge in [-0.15, -0.1) is 35.7 Å². The summed E-state index contributed by atoms with van der Waals surface area (Å²) in [5.41, 5.74) is 11.0. The first-order valence-corrected chi connectivity index (χ1v) is 20.0. The van der Waals surface area contributed by atoms with Crippen LogP contribution in [0.15, 0.2) is 146 Å². The average molecular weight is 968 g/mol. The molecule has 0 saturated carbocycles. The van der Waals surface area contributed by atoms with Gasteiger partial charge in [0.05, 0.1) is 11.8 Å². The molecule has 300 valence electrons. The molecular weight excluding hydrogens is 924 g/mol. The molecule has 0 atom stereocenters. The number of hydrogen-bond donors (Lipinski definition) is 0. The fourth-order valence-electron chi connectivity index (χ4n) is 7.60. The molecule has 0 amide bonds. The summed E-state index contributed by atoms with van der Waals surface area (Å²) in [6.07, 6.45) is 5.74. The molecule has 7 nitrogen and oxygen atoms in total. The Morgan fingerprint density at radius 1 is 0.650 bits per heavy atom. The monoisotopic (exact) mass is 967 g/mol. The summed E-state index contributed by atoms with van der Waals surface area (Å²) in [5, 5.41) is 7.05. The fraction of sp³-hybridized carbons (Fsp3) is 0.154. The summed E-state index contributed by atoms with van der Waals surface area (Å²) in [7, 11) is 0. The Labute approximate surface area is 365 Å². The van der Waals surface area contributed by atoms with E-state index < -0.39 is 0 Å². The van der Waals surface area contributed by atoms with Gasteiger partial charge in [-0.1, -0.05) is 98.2 Å². The number of ether oxygens (including phenoxy) is 3. The predicted molar refractivity (Wildman–Crippen MR) is 235 cm³/mol. The summed E-state index contributed by atoms with van der Waals surface area (Å²) in [4.78, 5) is 4.79. The van der Waals surface area contributed by atoms with Gasteiger partial charge in [0.2, 0.25) is 0 Å². The van der Waals surface area contributed by atoms with Crippen molar-refractivity contribution in [3.05, 3.63) is 191 Å². The molecule has 9 rings (SSSR count). The molecule has 0 N–H and O–H groups in total. The van der Waals surface area contributed by atoms with Crippen LogP contribution in [0.4, 0.5) is 0 Å². The van der Waals surface area contributed by atoms with Gasteiger partial charge in [0.15, 0.2) is 0 Å². The summed E-state index contributed by atoms with van der Waals surface area (Å²) in [6.45, 7) is 11.6. The van der Waals surface area contributed by atoms with Crippen molar-refractivity contribution < 1.29 is 35.3 Å². The Morgan fingerprint density at radius 3 is 1.98 bits per heavy atom. The van der Waals surface area contributed by atoms with Gasteiger partial charge in [0.1, 0.15) is 30.5 Å². The van der Waals surface area contributed by atoms with Crippen LogP contribution in [0.1, 0.15) is 53.1 Å². The molecule has 0 unspecified atom stereocenters. The van der Waals surface area contributed by atoms with Crippen LogP contribution in [-0.2, 0) is 34.3 Å². The first-order valence-electron chi connectivity index (χ1n) is 20.0. The third-order valence-electron chi connectivity index (χ3n) is 11.0. The molecule has 8 heteroatoms. The van der Waals surface area contributed by atoms with Gasteiger partial charge in [-0.25, -0.2) is 4.98 Å². The summed E-state index contributed by atoms with van der Waals surface area (Å²) in [6, 6.07) is 49.9. The van der Waals surface area contributed by atoms with Crippen LogP contribution in [0, 0.1) is 32.9 Å². The first-order chi connectivity index (χ1) is 28.8. The zero-order valence-corrected chi connectivity index (χ0v) is 36.5. The van der Waals surface area contributed by atoms with Crippen LogP contribution in [0.25, 0.3) is 44.4 Å². The van der Waals surface area contributed by atoms with Crippen LogP contribution in [0.5, 0.6) is 23.0 Å². The van der Waals surface area contributed by atoms with E-state index in [0.29, 0.717) is 30.6 Å². The Kier molecular flexibility index (Phi) is 11.7. The molecule has 0 aliphatic heterocycles. The molecule has 3 aromatic heterocycles. The minimum absolute atomic E-state index is 0. The molecule has 3 heterocycles. The number of fused-ring (bicyclic) bond motifs is 3. The summed E-state index contributed by atoms with van der Waals surface area (Å²) < 4.78 is 23.8. The van der Waals surface area contributed by atoms with Gasteiger partial charge in [-0.2, -0.15) is 17.2 Å². The third kappa shape index (κ3) is 7.98. The van der Waals surface area contributed by atoms with Gasteiger partial charge in [0.25, 0.3) is 0 Å². The second-order valence-corrected chi connectivity index (χ2v) is 15.2. The summed E-state index contributed by atoms with van der Waals surface area (Å²) >= 11 is 0. The van der Waals surface area contributed by atoms with E-state index in [1.165, 1.54) is 5.56 Å². The van der Waals surface area contributed by atoms with Crippen molar-refractivity contribution >= 4 is 21.8 Å². The van der Waals surface area contributed by atoms with Crippen LogP contribution < -0.4 is 14.2 Å². The van der Waals surface area contributed by atoms with Crippen molar-refractivity contribution in [2.75, 3.05) is 0 Å². The third-order valence-corrected chi connectivity index (χ3v) is 11.0. The van der Waals surface area contributed by atoms with E-state index in [4.69, 9.17) is 24.3 Å². The predicted octanol–water partition coefficient (Wildman–Crippen LogP) is 12.6. The second kappa shape index (κ2) is 17.4. The molecule has 6 aromatic carbocycles. The SMILES string of the molecule is Cc1c(C)c(OCc2ccccc2)c(-c2cnn(-c3[c-]c(Oc4[c-]c5c(cc4)c4ccccc4n5-c4cc(C(C)C)ccn4)ccc3)c2)c(OCc2ccccc2)c1C.[Pt+2]. The number of rotatable bonds is 12. The Bertz CT molecular complexity index is 2870. The van der Waals surface area contributed by atoms with Gasteiger partial charge in [-0.3, -0.25) is 4.68 Å². The van der Waals surface area contributed by atoms with Crippen molar-refractivity contribution in [3.8, 4) is 45.6 Å². The van der Waals surface area contributed by atoms with E-state index in [9.17, 15) is 0 Å². The Morgan fingerprint density at radius 2 is 1.30 bits per heavy atom. The van der Waals surface area contributed by atoms with E-state index >= 15 is 0 Å². The van der Waals surface area contributed by atoms with E-state index in [1.54, 1.807) is 0 Å². The molecule has 60 heavy (non-hydrogen) atoms. The number of nitrogens with zero attached hydrogens (tertiary/aromatic N) is 4. The maximum absolute atomic E-state index is 6.69. The van der Waals surface area contributed by atoms with E-state index in [-0.39, 0.29) is 21.1 Å². The number of aromatic nitrogens is 4. The van der Waals surface area contributed by atoms with E-state index in [1.807, 2.05) is 83.9 Å². The van der Waals surface area contributed by atoms with Gasteiger partial charge < -0.3 is 18.8 Å². The van der Waals surface area contributed by atoms with Gasteiger partial charge >= 0.3 is 21.1 Å². The van der Waals surface area contributed by atoms with Crippen LogP contribution in [0.3, 0.4) is 0 Å². The maximum Gasteiger partial charge on any atom is 2.00 e. The largest absolute Gasteiger partial charge is 2.00 e. The Balaban J connectivity index is 0.00000499. The van der Waals surface area contributed by atoms with Gasteiger partial charge in [-0.05, 0) is 89.3 Å². The molecule has 0 aliphatic rings. The molecule has 9 aromatic rings. The van der Waals surface area contributed by atoms with Crippen molar-refractivity contribution in [1.29, 1.82) is 0 Å². The fourth-order valence-corrected chi connectivity index (χ4v) is 7.60.